The third-order valence-corrected chi connectivity index (χ3v) is 5.33. The van der Waals surface area contributed by atoms with E-state index in [1.165, 1.54) is 12.8 Å². The van der Waals surface area contributed by atoms with Gasteiger partial charge in [0.1, 0.15) is 5.75 Å². The van der Waals surface area contributed by atoms with Crippen LogP contribution in [0.2, 0.25) is 0 Å². The van der Waals surface area contributed by atoms with Crippen LogP contribution in [-0.2, 0) is 17.8 Å². The monoisotopic (exact) mass is 389 g/mol. The van der Waals surface area contributed by atoms with Crippen LogP contribution in [0.25, 0.3) is 0 Å². The maximum Gasteiger partial charge on any atom is 0.224 e. The molecule has 1 aliphatic carbocycles. The van der Waals surface area contributed by atoms with Gasteiger partial charge < -0.3 is 10.1 Å². The number of hydrogen-bond donors (Lipinski definition) is 1. The number of aromatic nitrogens is 2. The molecule has 2 aromatic carbocycles. The summed E-state index contributed by atoms with van der Waals surface area (Å²) in [6.45, 7) is 0.629. The minimum Gasteiger partial charge on any atom is -0.490 e. The highest BCUT2D eigenvalue weighted by atomic mass is 16.5. The van der Waals surface area contributed by atoms with Crippen LogP contribution in [0.1, 0.15) is 43.2 Å². The lowest BCUT2D eigenvalue weighted by Gasteiger charge is -2.14. The summed E-state index contributed by atoms with van der Waals surface area (Å²) in [5.74, 6) is 0.930. The Morgan fingerprint density at radius 3 is 2.79 bits per heavy atom. The maximum absolute atomic E-state index is 12.5. The van der Waals surface area contributed by atoms with Gasteiger partial charge in [-0.2, -0.15) is 5.10 Å². The molecular formula is C24H27N3O2. The third kappa shape index (κ3) is 5.47. The van der Waals surface area contributed by atoms with Gasteiger partial charge in [-0.1, -0.05) is 30.3 Å². The largest absolute Gasteiger partial charge is 0.490 e. The van der Waals surface area contributed by atoms with Crippen molar-refractivity contribution >= 4 is 11.6 Å². The van der Waals surface area contributed by atoms with Crippen LogP contribution in [0.4, 0.5) is 5.69 Å². The predicted octanol–water partition coefficient (Wildman–Crippen LogP) is 4.82. The Balaban J connectivity index is 1.32. The number of aryl methyl sites for hydroxylation is 1. The van der Waals surface area contributed by atoms with Gasteiger partial charge in [0.05, 0.1) is 12.6 Å². The lowest BCUT2D eigenvalue weighted by molar-refractivity contribution is -0.116. The Kier molecular flexibility index (Phi) is 6.25. The summed E-state index contributed by atoms with van der Waals surface area (Å²) in [5, 5.41) is 7.30. The first-order chi connectivity index (χ1) is 14.3. The molecule has 29 heavy (non-hydrogen) atoms. The molecular weight excluding hydrogens is 362 g/mol. The van der Waals surface area contributed by atoms with Gasteiger partial charge in [-0.15, -0.1) is 0 Å². The molecule has 0 bridgehead atoms. The summed E-state index contributed by atoms with van der Waals surface area (Å²) < 4.78 is 7.92. The van der Waals surface area contributed by atoms with Crippen molar-refractivity contribution in [3.8, 4) is 5.75 Å². The molecule has 0 unspecified atom stereocenters. The zero-order valence-corrected chi connectivity index (χ0v) is 16.6. The average molecular weight is 389 g/mol. The van der Waals surface area contributed by atoms with E-state index in [4.69, 9.17) is 4.74 Å². The first-order valence-corrected chi connectivity index (χ1v) is 10.4. The van der Waals surface area contributed by atoms with Crippen molar-refractivity contribution in [3.05, 3.63) is 78.1 Å². The van der Waals surface area contributed by atoms with Crippen molar-refractivity contribution in [1.29, 1.82) is 0 Å². The molecule has 150 valence electrons. The molecule has 4 rings (SSSR count). The minimum absolute atomic E-state index is 0.0139. The van der Waals surface area contributed by atoms with Crippen LogP contribution >= 0.6 is 0 Å². The molecule has 1 aliphatic rings. The van der Waals surface area contributed by atoms with Crippen LogP contribution in [0.15, 0.2) is 67.0 Å². The van der Waals surface area contributed by atoms with E-state index in [1.807, 2.05) is 53.3 Å². The van der Waals surface area contributed by atoms with Crippen molar-refractivity contribution in [2.75, 3.05) is 5.32 Å². The highest BCUT2D eigenvalue weighted by Gasteiger charge is 2.16. The van der Waals surface area contributed by atoms with Crippen LogP contribution in [0, 0.1) is 0 Å². The van der Waals surface area contributed by atoms with Gasteiger partial charge in [0.25, 0.3) is 0 Å². The fourth-order valence-electron chi connectivity index (χ4n) is 3.79. The number of nitrogens with one attached hydrogen (secondary N) is 1. The minimum atomic E-state index is 0.0139. The molecule has 3 aromatic rings. The summed E-state index contributed by atoms with van der Waals surface area (Å²) in [4.78, 5) is 12.5. The summed E-state index contributed by atoms with van der Waals surface area (Å²) in [5.41, 5.74) is 3.00. The molecule has 1 fully saturated rings. The van der Waals surface area contributed by atoms with Crippen molar-refractivity contribution in [3.63, 3.8) is 0 Å². The molecule has 5 nitrogen and oxygen atoms in total. The van der Waals surface area contributed by atoms with Gasteiger partial charge in [-0.05, 0) is 67.5 Å². The number of carbonyl (C=O) groups is 1. The fourth-order valence-corrected chi connectivity index (χ4v) is 3.79. The third-order valence-electron chi connectivity index (χ3n) is 5.33. The number of para-hydroxylation sites is 1. The first kappa shape index (κ1) is 19.2. The number of rotatable bonds is 8. The number of benzene rings is 2. The van der Waals surface area contributed by atoms with Gasteiger partial charge in [0.15, 0.2) is 0 Å². The van der Waals surface area contributed by atoms with E-state index < -0.39 is 0 Å². The van der Waals surface area contributed by atoms with Crippen LogP contribution in [-0.4, -0.2) is 21.8 Å². The van der Waals surface area contributed by atoms with Crippen LogP contribution in [0.5, 0.6) is 5.75 Å². The van der Waals surface area contributed by atoms with E-state index >= 15 is 0 Å². The van der Waals surface area contributed by atoms with E-state index in [2.05, 4.69) is 22.5 Å². The molecule has 1 heterocycles. The quantitative estimate of drug-likeness (QED) is 0.601. The molecule has 0 saturated heterocycles. The number of amides is 1. The highest BCUT2D eigenvalue weighted by Crippen LogP contribution is 2.25. The summed E-state index contributed by atoms with van der Waals surface area (Å²) in [7, 11) is 0. The Hall–Kier alpha value is -3.08. The second-order valence-electron chi connectivity index (χ2n) is 7.58. The van der Waals surface area contributed by atoms with Gasteiger partial charge in [-0.3, -0.25) is 9.48 Å². The zero-order chi connectivity index (χ0) is 19.9. The number of carbonyl (C=O) groups excluding carboxylic acids is 1. The second kappa shape index (κ2) is 9.41. The average Bonchev–Trinajstić information content (AvgIpc) is 3.43. The van der Waals surface area contributed by atoms with Crippen LogP contribution in [0.3, 0.4) is 0 Å². The molecule has 1 amide bonds. The van der Waals surface area contributed by atoms with E-state index in [-0.39, 0.29) is 5.91 Å². The fraction of sp³-hybridized carbons (Fsp3) is 0.333. The lowest BCUT2D eigenvalue weighted by atomic mass is 10.1. The van der Waals surface area contributed by atoms with E-state index in [1.54, 1.807) is 6.20 Å². The van der Waals surface area contributed by atoms with E-state index in [0.29, 0.717) is 25.5 Å². The number of ether oxygens (including phenoxy) is 1. The molecule has 0 atom stereocenters. The Labute approximate surface area is 171 Å². The maximum atomic E-state index is 12.5. The van der Waals surface area contributed by atoms with Gasteiger partial charge in [0, 0.05) is 24.5 Å². The predicted molar refractivity (Wildman–Crippen MR) is 114 cm³/mol. The van der Waals surface area contributed by atoms with Crippen molar-refractivity contribution in [1.82, 2.24) is 9.78 Å². The number of nitrogens with zero attached hydrogens (tertiary/aromatic N) is 2. The number of anilines is 1. The Morgan fingerprint density at radius 2 is 1.97 bits per heavy atom. The smallest absolute Gasteiger partial charge is 0.224 e. The summed E-state index contributed by atoms with van der Waals surface area (Å²) in [6.07, 6.45) is 9.94. The Bertz CT molecular complexity index is 931. The molecule has 0 aliphatic heterocycles. The Morgan fingerprint density at radius 1 is 1.10 bits per heavy atom. The SMILES string of the molecule is O=C(CCc1cccc(OC2CCCC2)c1)Nc1ccccc1Cn1cccn1. The first-order valence-electron chi connectivity index (χ1n) is 10.4. The summed E-state index contributed by atoms with van der Waals surface area (Å²) >= 11 is 0. The normalized spacial score (nSPS) is 14.1. The summed E-state index contributed by atoms with van der Waals surface area (Å²) in [6, 6.07) is 17.9. The molecule has 1 N–H and O–H groups in total. The lowest BCUT2D eigenvalue weighted by Crippen LogP contribution is -2.15. The molecule has 1 aromatic heterocycles. The van der Waals surface area contributed by atoms with E-state index in [0.717, 1.165) is 35.4 Å². The van der Waals surface area contributed by atoms with Gasteiger partial charge >= 0.3 is 0 Å². The topological polar surface area (TPSA) is 56.1 Å². The number of hydrogen-bond acceptors (Lipinski definition) is 3. The highest BCUT2D eigenvalue weighted by molar-refractivity contribution is 5.91. The molecule has 0 radical (unpaired) electrons. The van der Waals surface area contributed by atoms with Gasteiger partial charge in [0.2, 0.25) is 5.91 Å². The van der Waals surface area contributed by atoms with E-state index in [9.17, 15) is 4.79 Å². The standard InChI is InChI=1S/C24H27N3O2/c28-24(26-23-12-4-1-8-20(23)18-27-16-6-15-25-27)14-13-19-7-5-11-22(17-19)29-21-9-2-3-10-21/h1,4-8,11-12,15-17,21H,2-3,9-10,13-14,18H2,(H,26,28). The second-order valence-corrected chi connectivity index (χ2v) is 7.58. The van der Waals surface area contributed by atoms with Gasteiger partial charge in [-0.25, -0.2) is 0 Å². The van der Waals surface area contributed by atoms with Crippen LogP contribution < -0.4 is 10.1 Å². The molecule has 0 spiro atoms. The van der Waals surface area contributed by atoms with Crippen molar-refractivity contribution in [2.45, 2.75) is 51.2 Å². The molecule has 5 heteroatoms. The molecule has 1 saturated carbocycles. The van der Waals surface area contributed by atoms with Crippen molar-refractivity contribution in [2.24, 2.45) is 0 Å². The van der Waals surface area contributed by atoms with Crippen molar-refractivity contribution < 1.29 is 9.53 Å². The zero-order valence-electron chi connectivity index (χ0n) is 16.6.